The van der Waals surface area contributed by atoms with Crippen LogP contribution in [0.25, 0.3) is 0 Å². The van der Waals surface area contributed by atoms with Crippen LogP contribution < -0.4 is 33.3 Å². The molecule has 1 N–H and O–H groups in total. The third-order valence-electron chi connectivity index (χ3n) is 1.91. The molecule has 0 amide bonds. The molecule has 0 spiro atoms. The summed E-state index contributed by atoms with van der Waals surface area (Å²) in [5.74, 6) is 1.85. The van der Waals surface area contributed by atoms with Crippen molar-refractivity contribution in [3.63, 3.8) is 0 Å². The third kappa shape index (κ3) is 1.65. The molecule has 3 fully saturated rings. The highest BCUT2D eigenvalue weighted by atomic mass is 127. The molecule has 2 unspecified atom stereocenters. The Morgan fingerprint density at radius 2 is 2.36 bits per heavy atom. The number of hydrogen-bond acceptors (Lipinski definition) is 5. The highest BCUT2D eigenvalue weighted by molar-refractivity contribution is 7.99. The van der Waals surface area contributed by atoms with Crippen LogP contribution in [-0.4, -0.2) is 23.3 Å². The normalized spacial score (nSPS) is 42.3. The van der Waals surface area contributed by atoms with Gasteiger partial charge in [-0.05, 0) is 3.07 Å². The Morgan fingerprint density at radius 1 is 1.64 bits per heavy atom. The molecular weight excluding hydrogens is 281 g/mol. The van der Waals surface area contributed by atoms with Gasteiger partial charge in [0.25, 0.3) is 0 Å². The van der Waals surface area contributed by atoms with Gasteiger partial charge in [0.05, 0.1) is 0 Å². The highest BCUT2D eigenvalue weighted by Crippen LogP contribution is 2.35. The smallest absolute Gasteiger partial charge is 0.396 e. The van der Waals surface area contributed by atoms with Crippen LogP contribution >= 0.6 is 11.8 Å². The predicted molar refractivity (Wildman–Crippen MR) is 32.7 cm³/mol. The molecule has 2 bridgehead atoms. The van der Waals surface area contributed by atoms with E-state index < -0.39 is 26.8 Å². The zero-order chi connectivity index (χ0) is 7.90. The van der Waals surface area contributed by atoms with E-state index >= 15 is 0 Å². The van der Waals surface area contributed by atoms with Gasteiger partial charge < -0.3 is 6.87 Å². The zero-order valence-electron chi connectivity index (χ0n) is 5.71. The van der Waals surface area contributed by atoms with Gasteiger partial charge in [-0.15, -0.1) is 0 Å². The van der Waals surface area contributed by atoms with Crippen LogP contribution in [0.4, 0.5) is 0 Å². The summed E-state index contributed by atoms with van der Waals surface area (Å²) in [6, 6.07) is 0.476. The SMILES string of the molecule is [O-][I+2]([O-])OC12CSCC(C1)N2. The van der Waals surface area contributed by atoms with Gasteiger partial charge in [0, 0.05) is 24.0 Å². The first-order valence-electron chi connectivity index (χ1n) is 3.31. The van der Waals surface area contributed by atoms with Crippen LogP contribution in [-0.2, 0) is 3.07 Å². The molecule has 3 rings (SSSR count). The molecule has 0 aromatic rings. The molecule has 0 aliphatic carbocycles. The Labute approximate surface area is 77.7 Å². The molecule has 64 valence electrons. The topological polar surface area (TPSA) is 67.4 Å². The van der Waals surface area contributed by atoms with Gasteiger partial charge in [0.1, 0.15) is 0 Å². The molecule has 2 atom stereocenters. The second-order valence-electron chi connectivity index (χ2n) is 2.82. The molecule has 4 nitrogen and oxygen atoms in total. The molecule has 0 aromatic carbocycles. The Kier molecular flexibility index (Phi) is 2.32. The lowest BCUT2D eigenvalue weighted by Gasteiger charge is -2.47. The van der Waals surface area contributed by atoms with E-state index in [1.807, 2.05) is 0 Å². The maximum Gasteiger partial charge on any atom is 0.508 e. The minimum Gasteiger partial charge on any atom is -0.396 e. The van der Waals surface area contributed by atoms with Crippen molar-refractivity contribution >= 4 is 11.8 Å². The summed E-state index contributed by atoms with van der Waals surface area (Å²) in [4.78, 5) is 0. The lowest BCUT2D eigenvalue weighted by atomic mass is 9.95. The van der Waals surface area contributed by atoms with E-state index in [9.17, 15) is 6.87 Å². The van der Waals surface area contributed by atoms with Crippen LogP contribution in [0.2, 0.25) is 0 Å². The standard InChI is InChI=1S/C5H8INO3S/c8-6(9)10-5-1-4(7-5)2-11-3-5/h4,7H,1-3H2. The van der Waals surface area contributed by atoms with Crippen molar-refractivity contribution in [1.82, 2.24) is 5.32 Å². The molecule has 11 heavy (non-hydrogen) atoms. The molecule has 3 aliphatic rings. The summed E-state index contributed by atoms with van der Waals surface area (Å²) >= 11 is -1.75. The van der Waals surface area contributed by atoms with E-state index in [4.69, 9.17) is 3.07 Å². The molecule has 0 saturated carbocycles. The van der Waals surface area contributed by atoms with Gasteiger partial charge in [-0.2, -0.15) is 11.8 Å². The summed E-state index contributed by atoms with van der Waals surface area (Å²) in [6.45, 7) is 0. The number of halogens is 1. The number of nitrogens with one attached hydrogen (secondary N) is 1. The number of fused-ring (bicyclic) bond motifs is 2. The van der Waals surface area contributed by atoms with Gasteiger partial charge in [-0.3, -0.25) is 5.32 Å². The molecule has 3 aliphatic heterocycles. The maximum absolute atomic E-state index is 10.4. The van der Waals surface area contributed by atoms with Crippen LogP contribution in [0, 0.1) is 0 Å². The van der Waals surface area contributed by atoms with E-state index in [0.717, 1.165) is 17.9 Å². The maximum atomic E-state index is 10.4. The van der Waals surface area contributed by atoms with E-state index in [1.54, 1.807) is 11.8 Å². The molecule has 0 radical (unpaired) electrons. The Morgan fingerprint density at radius 3 is 2.82 bits per heavy atom. The Balaban J connectivity index is 1.91. The van der Waals surface area contributed by atoms with Crippen molar-refractivity contribution in [1.29, 1.82) is 0 Å². The first-order chi connectivity index (χ1) is 5.20. The van der Waals surface area contributed by atoms with Gasteiger partial charge in [-0.1, -0.05) is 0 Å². The van der Waals surface area contributed by atoms with Gasteiger partial charge in [0.15, 0.2) is 0 Å². The summed E-state index contributed by atoms with van der Waals surface area (Å²) in [7, 11) is 0. The highest BCUT2D eigenvalue weighted by Gasteiger charge is 2.55. The average molecular weight is 289 g/mol. The number of hydrogen-bond donors (Lipinski definition) is 1. The van der Waals surface area contributed by atoms with Crippen molar-refractivity contribution in [2.45, 2.75) is 18.2 Å². The van der Waals surface area contributed by atoms with Gasteiger partial charge >= 0.3 is 21.1 Å². The third-order valence-corrected chi connectivity index (χ3v) is 4.42. The predicted octanol–water partition coefficient (Wildman–Crippen LogP) is -5.10. The van der Waals surface area contributed by atoms with Crippen LogP contribution in [0.5, 0.6) is 0 Å². The van der Waals surface area contributed by atoms with E-state index in [1.165, 1.54) is 0 Å². The van der Waals surface area contributed by atoms with Crippen LogP contribution in [0.15, 0.2) is 0 Å². The van der Waals surface area contributed by atoms with Crippen molar-refractivity contribution in [3.05, 3.63) is 0 Å². The fourth-order valence-corrected chi connectivity index (χ4v) is 4.07. The van der Waals surface area contributed by atoms with Crippen molar-refractivity contribution < 1.29 is 31.0 Å². The largest absolute Gasteiger partial charge is 0.508 e. The minimum atomic E-state index is -3.50. The minimum absolute atomic E-state index is 0.476. The first-order valence-corrected chi connectivity index (χ1v) is 7.10. The van der Waals surface area contributed by atoms with Crippen molar-refractivity contribution in [3.8, 4) is 0 Å². The van der Waals surface area contributed by atoms with E-state index in [2.05, 4.69) is 5.32 Å². The van der Waals surface area contributed by atoms with Crippen LogP contribution in [0.3, 0.4) is 0 Å². The second kappa shape index (κ2) is 3.00. The summed E-state index contributed by atoms with van der Waals surface area (Å²) < 4.78 is 25.6. The van der Waals surface area contributed by atoms with Crippen molar-refractivity contribution in [2.24, 2.45) is 0 Å². The first kappa shape index (κ1) is 8.52. The van der Waals surface area contributed by atoms with E-state index in [-0.39, 0.29) is 0 Å². The van der Waals surface area contributed by atoms with Gasteiger partial charge in [0.2, 0.25) is 5.72 Å². The number of thioether (sulfide) groups is 1. The Hall–Kier alpha value is 0.920. The zero-order valence-corrected chi connectivity index (χ0v) is 8.68. The van der Waals surface area contributed by atoms with Crippen molar-refractivity contribution in [2.75, 3.05) is 11.5 Å². The molecule has 3 saturated heterocycles. The molecule has 0 aromatic heterocycles. The molecule has 6 heteroatoms. The van der Waals surface area contributed by atoms with E-state index in [0.29, 0.717) is 6.04 Å². The average Bonchev–Trinajstić information content (AvgIpc) is 1.84. The van der Waals surface area contributed by atoms with Gasteiger partial charge in [-0.25, -0.2) is 0 Å². The summed E-state index contributed by atoms with van der Waals surface area (Å²) in [5.41, 5.74) is -0.498. The lowest BCUT2D eigenvalue weighted by molar-refractivity contribution is -1.63. The quantitative estimate of drug-likeness (QED) is 0.515. The Bertz CT molecular complexity index is 156. The summed E-state index contributed by atoms with van der Waals surface area (Å²) in [6.07, 6.45) is 0.860. The second-order valence-corrected chi connectivity index (χ2v) is 5.37. The molecule has 3 heterocycles. The van der Waals surface area contributed by atoms with Crippen LogP contribution in [0.1, 0.15) is 6.42 Å². The molecular formula is C5H8INO3S. The fraction of sp³-hybridized carbons (Fsp3) is 1.00. The summed E-state index contributed by atoms with van der Waals surface area (Å²) in [5, 5.41) is 3.12. The monoisotopic (exact) mass is 289 g/mol. The number of rotatable bonds is 2. The lowest BCUT2D eigenvalue weighted by Crippen LogP contribution is -3.99. The fourth-order valence-electron chi connectivity index (χ4n) is 1.51.